The van der Waals surface area contributed by atoms with Crippen LogP contribution in [0.4, 0.5) is 14.5 Å². The van der Waals surface area contributed by atoms with E-state index >= 15 is 0 Å². The summed E-state index contributed by atoms with van der Waals surface area (Å²) in [5, 5.41) is 6.82. The number of benzene rings is 1. The summed E-state index contributed by atoms with van der Waals surface area (Å²) in [6.07, 6.45) is 2.25. The average molecular weight is 376 g/mol. The first-order valence-corrected chi connectivity index (χ1v) is 8.70. The van der Waals surface area contributed by atoms with Gasteiger partial charge in [0, 0.05) is 18.7 Å². The molecule has 0 fully saturated rings. The lowest BCUT2D eigenvalue weighted by Gasteiger charge is -2.06. The number of pyridine rings is 1. The van der Waals surface area contributed by atoms with Gasteiger partial charge >= 0.3 is 0 Å². The molecule has 1 aromatic carbocycles. The van der Waals surface area contributed by atoms with E-state index in [0.717, 1.165) is 6.07 Å². The van der Waals surface area contributed by atoms with Gasteiger partial charge in [0.25, 0.3) is 5.89 Å². The van der Waals surface area contributed by atoms with Crippen LogP contribution in [0.3, 0.4) is 0 Å². The Kier molecular flexibility index (Phi) is 5.57. The van der Waals surface area contributed by atoms with E-state index in [-0.39, 0.29) is 11.4 Å². The molecular formula is C17H14F2N4O2S. The maximum atomic E-state index is 13.5. The summed E-state index contributed by atoms with van der Waals surface area (Å²) in [4.78, 5) is 20.3. The van der Waals surface area contributed by atoms with Crippen molar-refractivity contribution in [3.63, 3.8) is 0 Å². The Morgan fingerprint density at radius 3 is 2.77 bits per heavy atom. The van der Waals surface area contributed by atoms with E-state index in [1.807, 2.05) is 6.92 Å². The Morgan fingerprint density at radius 2 is 2.12 bits per heavy atom. The number of halogens is 2. The predicted molar refractivity (Wildman–Crippen MR) is 92.6 cm³/mol. The molecule has 1 amide bonds. The second-order valence-corrected chi connectivity index (χ2v) is 6.21. The molecule has 0 saturated heterocycles. The number of hydrogen-bond acceptors (Lipinski definition) is 6. The summed E-state index contributed by atoms with van der Waals surface area (Å²) in [5.41, 5.74) is 0.614. The average Bonchev–Trinajstić information content (AvgIpc) is 3.12. The molecule has 0 saturated carbocycles. The first-order valence-electron chi connectivity index (χ1n) is 7.72. The van der Waals surface area contributed by atoms with Crippen LogP contribution in [0.25, 0.3) is 11.5 Å². The van der Waals surface area contributed by atoms with Gasteiger partial charge in [-0.1, -0.05) is 23.8 Å². The van der Waals surface area contributed by atoms with Crippen molar-refractivity contribution in [2.24, 2.45) is 0 Å². The van der Waals surface area contributed by atoms with E-state index in [1.54, 1.807) is 18.3 Å². The van der Waals surface area contributed by atoms with Crippen LogP contribution in [0, 0.1) is 11.6 Å². The van der Waals surface area contributed by atoms with Crippen molar-refractivity contribution in [1.29, 1.82) is 0 Å². The molecule has 0 radical (unpaired) electrons. The lowest BCUT2D eigenvalue weighted by Crippen LogP contribution is -2.15. The highest BCUT2D eigenvalue weighted by Gasteiger charge is 2.11. The van der Waals surface area contributed by atoms with E-state index in [1.165, 1.54) is 17.8 Å². The fourth-order valence-corrected chi connectivity index (χ4v) is 2.67. The van der Waals surface area contributed by atoms with Gasteiger partial charge in [-0.15, -0.1) is 0 Å². The summed E-state index contributed by atoms with van der Waals surface area (Å²) >= 11 is 1.18. The molecule has 0 atom stereocenters. The smallest absolute Gasteiger partial charge is 0.259 e. The minimum atomic E-state index is -0.822. The van der Waals surface area contributed by atoms with Gasteiger partial charge in [-0.25, -0.2) is 13.8 Å². The number of carbonyl (C=O) groups excluding carboxylic acids is 1. The summed E-state index contributed by atoms with van der Waals surface area (Å²) < 4.78 is 31.5. The van der Waals surface area contributed by atoms with Crippen LogP contribution in [0.2, 0.25) is 0 Å². The molecule has 134 valence electrons. The molecule has 0 aliphatic carbocycles. The zero-order chi connectivity index (χ0) is 18.5. The molecule has 26 heavy (non-hydrogen) atoms. The number of rotatable bonds is 6. The number of anilines is 1. The zero-order valence-electron chi connectivity index (χ0n) is 13.7. The van der Waals surface area contributed by atoms with Crippen LogP contribution < -0.4 is 5.32 Å². The van der Waals surface area contributed by atoms with Crippen molar-refractivity contribution in [2.75, 3.05) is 11.1 Å². The predicted octanol–water partition coefficient (Wildman–Crippen LogP) is 3.70. The normalized spacial score (nSPS) is 10.7. The zero-order valence-corrected chi connectivity index (χ0v) is 14.5. The number of thioether (sulfide) groups is 1. The Balaban J connectivity index is 1.56. The van der Waals surface area contributed by atoms with E-state index in [0.29, 0.717) is 34.8 Å². The van der Waals surface area contributed by atoms with E-state index < -0.39 is 17.5 Å². The van der Waals surface area contributed by atoms with Crippen molar-refractivity contribution in [3.8, 4) is 11.5 Å². The lowest BCUT2D eigenvalue weighted by molar-refractivity contribution is -0.113. The van der Waals surface area contributed by atoms with Crippen molar-refractivity contribution in [2.45, 2.75) is 18.4 Å². The highest BCUT2D eigenvalue weighted by molar-refractivity contribution is 7.99. The maximum Gasteiger partial charge on any atom is 0.259 e. The Bertz CT molecular complexity index is 915. The van der Waals surface area contributed by atoms with Gasteiger partial charge in [-0.3, -0.25) is 4.79 Å². The molecule has 2 aromatic heterocycles. The number of aromatic nitrogens is 3. The molecule has 0 spiro atoms. The molecule has 9 heteroatoms. The first kappa shape index (κ1) is 18.0. The molecule has 2 heterocycles. The number of aryl methyl sites for hydroxylation is 1. The van der Waals surface area contributed by atoms with Crippen molar-refractivity contribution >= 4 is 23.4 Å². The van der Waals surface area contributed by atoms with E-state index in [2.05, 4.69) is 20.4 Å². The minimum absolute atomic E-state index is 0.0315. The lowest BCUT2D eigenvalue weighted by atomic mass is 10.3. The van der Waals surface area contributed by atoms with Crippen LogP contribution in [-0.4, -0.2) is 26.8 Å². The summed E-state index contributed by atoms with van der Waals surface area (Å²) in [6.45, 7) is 1.93. The molecule has 0 bridgehead atoms. The van der Waals surface area contributed by atoms with Crippen LogP contribution in [0.1, 0.15) is 12.7 Å². The molecule has 1 N–H and O–H groups in total. The third kappa shape index (κ3) is 4.42. The Morgan fingerprint density at radius 1 is 1.27 bits per heavy atom. The minimum Gasteiger partial charge on any atom is -0.334 e. The highest BCUT2D eigenvalue weighted by atomic mass is 32.2. The summed E-state index contributed by atoms with van der Waals surface area (Å²) in [7, 11) is 0. The number of nitrogens with zero attached hydrogens (tertiary/aromatic N) is 3. The van der Waals surface area contributed by atoms with Crippen LogP contribution in [-0.2, 0) is 11.2 Å². The SMILES string of the molecule is CCc1noc(-c2ccc(SCC(=O)Nc3ccc(F)cc3F)nc2)n1. The first-order chi connectivity index (χ1) is 12.5. The topological polar surface area (TPSA) is 80.9 Å². The molecule has 0 unspecified atom stereocenters. The van der Waals surface area contributed by atoms with Gasteiger partial charge in [0.2, 0.25) is 5.91 Å². The number of nitrogens with one attached hydrogen (secondary N) is 1. The fraction of sp³-hybridized carbons (Fsp3) is 0.176. The van der Waals surface area contributed by atoms with E-state index in [9.17, 15) is 13.6 Å². The highest BCUT2D eigenvalue weighted by Crippen LogP contribution is 2.21. The molecule has 3 aromatic rings. The van der Waals surface area contributed by atoms with Crippen molar-refractivity contribution in [1.82, 2.24) is 15.1 Å². The van der Waals surface area contributed by atoms with Crippen LogP contribution in [0.5, 0.6) is 0 Å². The molecule has 0 aliphatic rings. The summed E-state index contributed by atoms with van der Waals surface area (Å²) in [5.74, 6) is -0.915. The molecule has 3 rings (SSSR count). The standard InChI is InChI=1S/C17H14F2N4O2S/c1-2-14-22-17(25-23-14)10-3-6-16(20-8-10)26-9-15(24)21-13-5-4-11(18)7-12(13)19/h3-8H,2,9H2,1H3,(H,21,24). The van der Waals surface area contributed by atoms with Gasteiger partial charge in [-0.05, 0) is 24.3 Å². The van der Waals surface area contributed by atoms with Gasteiger partial charge in [0.05, 0.1) is 22.0 Å². The van der Waals surface area contributed by atoms with Gasteiger partial charge in [0.1, 0.15) is 11.6 Å². The molecular weight excluding hydrogens is 362 g/mol. The largest absolute Gasteiger partial charge is 0.334 e. The Hall–Kier alpha value is -2.81. The van der Waals surface area contributed by atoms with Gasteiger partial charge in [-0.2, -0.15) is 4.98 Å². The Labute approximate surface area is 152 Å². The summed E-state index contributed by atoms with van der Waals surface area (Å²) in [6, 6.07) is 6.45. The number of carbonyl (C=O) groups is 1. The van der Waals surface area contributed by atoms with Crippen LogP contribution >= 0.6 is 11.8 Å². The van der Waals surface area contributed by atoms with Crippen molar-refractivity contribution in [3.05, 3.63) is 54.0 Å². The third-order valence-corrected chi connectivity index (χ3v) is 4.27. The second kappa shape index (κ2) is 8.05. The van der Waals surface area contributed by atoms with Crippen molar-refractivity contribution < 1.29 is 18.1 Å². The number of amides is 1. The quantitative estimate of drug-likeness (QED) is 0.661. The molecule has 6 nitrogen and oxygen atoms in total. The molecule has 0 aliphatic heterocycles. The van der Waals surface area contributed by atoms with Gasteiger partial charge in [0.15, 0.2) is 5.82 Å². The van der Waals surface area contributed by atoms with Gasteiger partial charge < -0.3 is 9.84 Å². The van der Waals surface area contributed by atoms with E-state index in [4.69, 9.17) is 4.52 Å². The second-order valence-electron chi connectivity index (χ2n) is 5.22. The monoisotopic (exact) mass is 376 g/mol. The maximum absolute atomic E-state index is 13.5. The third-order valence-electron chi connectivity index (χ3n) is 3.32. The fourth-order valence-electron chi connectivity index (χ4n) is 2.02. The number of hydrogen-bond donors (Lipinski definition) is 1. The van der Waals surface area contributed by atoms with Crippen LogP contribution in [0.15, 0.2) is 46.1 Å².